The third-order valence-electron chi connectivity index (χ3n) is 8.62. The van der Waals surface area contributed by atoms with Crippen LogP contribution < -0.4 is 10.1 Å². The Morgan fingerprint density at radius 1 is 1.09 bits per heavy atom. The molecule has 1 saturated carbocycles. The Balaban J connectivity index is 1.77. The summed E-state index contributed by atoms with van der Waals surface area (Å²) in [4.78, 5) is 52.7. The zero-order valence-corrected chi connectivity index (χ0v) is 20.2. The minimum atomic E-state index is -1.11. The van der Waals surface area contributed by atoms with Gasteiger partial charge >= 0.3 is 0 Å². The van der Waals surface area contributed by atoms with E-state index in [0.717, 1.165) is 5.57 Å². The first-order valence-electron chi connectivity index (χ1n) is 11.4. The maximum absolute atomic E-state index is 13.9. The van der Waals surface area contributed by atoms with Crippen molar-refractivity contribution < 1.29 is 29.0 Å². The van der Waals surface area contributed by atoms with Crippen molar-refractivity contribution in [2.45, 2.75) is 39.5 Å². The number of nitrogens with one attached hydrogen (secondary N) is 1. The maximum atomic E-state index is 13.9. The first-order chi connectivity index (χ1) is 16.0. The number of hydrogen-bond donors (Lipinski definition) is 2. The van der Waals surface area contributed by atoms with E-state index in [9.17, 15) is 24.3 Å². The van der Waals surface area contributed by atoms with E-state index in [1.807, 2.05) is 13.0 Å². The van der Waals surface area contributed by atoms with Crippen molar-refractivity contribution in [3.8, 4) is 11.5 Å². The molecule has 1 heterocycles. The molecule has 2 amide bonds. The largest absolute Gasteiger partial charge is 0.503 e. The van der Waals surface area contributed by atoms with E-state index in [-0.39, 0.29) is 45.8 Å². The summed E-state index contributed by atoms with van der Waals surface area (Å²) in [7, 11) is 1.41. The third kappa shape index (κ3) is 2.82. The molecule has 1 aromatic carbocycles. The van der Waals surface area contributed by atoms with Crippen LogP contribution in [0, 0.1) is 29.1 Å². The fourth-order valence-electron chi connectivity index (χ4n) is 6.79. The number of methoxy groups -OCH3 is 1. The quantitative estimate of drug-likeness (QED) is 0.492. The second kappa shape index (κ2) is 7.54. The standard InChI is InChI=1S/C26H26ClNO6/c1-10-11(2)23(31)26(3)16(21(10)29)9-15-13(5-6-14-19(15)25(33)28-24(14)32)20(26)12-7-17(27)22(30)18(8-12)34-4/h5,7-8,14-16,19-20,30H,6,9H2,1-4H3,(H,28,32,33)/t14-,15+,16-,19-,20-,26+/m0/s1. The number of hydrogen-bond acceptors (Lipinski definition) is 6. The van der Waals surface area contributed by atoms with Gasteiger partial charge in [-0.1, -0.05) is 30.2 Å². The summed E-state index contributed by atoms with van der Waals surface area (Å²) < 4.78 is 5.33. The minimum absolute atomic E-state index is 0.0673. The highest BCUT2D eigenvalue weighted by Gasteiger charge is 2.63. The van der Waals surface area contributed by atoms with E-state index in [2.05, 4.69) is 5.32 Å². The zero-order valence-electron chi connectivity index (χ0n) is 19.4. The number of allylic oxidation sites excluding steroid dienone is 4. The number of benzene rings is 1. The number of carbonyl (C=O) groups excluding carboxylic acids is 4. The van der Waals surface area contributed by atoms with Gasteiger partial charge in [-0.2, -0.15) is 0 Å². The van der Waals surface area contributed by atoms with Crippen LogP contribution in [-0.4, -0.2) is 35.6 Å². The number of halogens is 1. The number of Topliss-reactive ketones (excluding diaryl/α,β-unsaturated/α-hetero) is 2. The molecule has 2 fully saturated rings. The highest BCUT2D eigenvalue weighted by molar-refractivity contribution is 6.32. The van der Waals surface area contributed by atoms with Crippen LogP contribution in [-0.2, 0) is 19.2 Å². The fourth-order valence-corrected chi connectivity index (χ4v) is 7.01. The third-order valence-corrected chi connectivity index (χ3v) is 8.91. The van der Waals surface area contributed by atoms with Gasteiger partial charge < -0.3 is 9.84 Å². The van der Waals surface area contributed by atoms with Crippen molar-refractivity contribution in [1.82, 2.24) is 5.32 Å². The molecule has 1 aliphatic heterocycles. The van der Waals surface area contributed by atoms with Crippen LogP contribution >= 0.6 is 11.6 Å². The molecule has 3 aliphatic carbocycles. The average Bonchev–Trinajstić information content (AvgIpc) is 3.11. The van der Waals surface area contributed by atoms with Gasteiger partial charge in [0.1, 0.15) is 0 Å². The highest BCUT2D eigenvalue weighted by atomic mass is 35.5. The number of amides is 2. The summed E-state index contributed by atoms with van der Waals surface area (Å²) in [5.41, 5.74) is 1.26. The Morgan fingerprint density at radius 2 is 1.79 bits per heavy atom. The number of imide groups is 1. The van der Waals surface area contributed by atoms with Crippen molar-refractivity contribution in [2.75, 3.05) is 7.11 Å². The van der Waals surface area contributed by atoms with Gasteiger partial charge in [0.2, 0.25) is 11.8 Å². The van der Waals surface area contributed by atoms with Gasteiger partial charge in [0.05, 0.1) is 29.4 Å². The number of phenolic OH excluding ortho intramolecular Hbond substituents is 1. The lowest BCUT2D eigenvalue weighted by molar-refractivity contribution is -0.142. The summed E-state index contributed by atoms with van der Waals surface area (Å²) in [5, 5.41) is 12.8. The van der Waals surface area contributed by atoms with Crippen molar-refractivity contribution in [1.29, 1.82) is 0 Å². The number of ketones is 2. The molecule has 178 valence electrons. The molecule has 7 nitrogen and oxygen atoms in total. The Morgan fingerprint density at radius 3 is 2.47 bits per heavy atom. The van der Waals surface area contributed by atoms with Crippen LogP contribution in [0.5, 0.6) is 11.5 Å². The molecule has 6 atom stereocenters. The lowest BCUT2D eigenvalue weighted by Gasteiger charge is -2.54. The lowest BCUT2D eigenvalue weighted by Crippen LogP contribution is -2.55. The van der Waals surface area contributed by atoms with Gasteiger partial charge in [0.25, 0.3) is 0 Å². The zero-order chi connectivity index (χ0) is 24.7. The second-order valence-corrected chi connectivity index (χ2v) is 10.4. The molecule has 4 aliphatic rings. The van der Waals surface area contributed by atoms with Gasteiger partial charge in [-0.05, 0) is 61.4 Å². The number of phenols is 1. The Labute approximate surface area is 202 Å². The monoisotopic (exact) mass is 483 g/mol. The lowest BCUT2D eigenvalue weighted by atomic mass is 9.46. The molecular weight excluding hydrogens is 458 g/mol. The molecule has 34 heavy (non-hydrogen) atoms. The molecule has 5 rings (SSSR count). The predicted molar refractivity (Wildman–Crippen MR) is 123 cm³/mol. The van der Waals surface area contributed by atoms with Crippen LogP contribution in [0.3, 0.4) is 0 Å². The van der Waals surface area contributed by atoms with E-state index in [4.69, 9.17) is 16.3 Å². The number of fused-ring (bicyclic) bond motifs is 4. The maximum Gasteiger partial charge on any atom is 0.231 e. The second-order valence-electron chi connectivity index (χ2n) is 10.0. The summed E-state index contributed by atoms with van der Waals surface area (Å²) in [6.45, 7) is 5.17. The van der Waals surface area contributed by atoms with Crippen LogP contribution in [0.4, 0.5) is 0 Å². The SMILES string of the molecule is COc1cc([C@H]2C3=CC[C@@H]4C(=O)NC(=O)[C@@H]4[C@@H]3C[C@H]3C(=O)C(C)=C(C)C(=O)[C@@]23C)cc(Cl)c1O. The van der Waals surface area contributed by atoms with E-state index in [1.165, 1.54) is 7.11 Å². The summed E-state index contributed by atoms with van der Waals surface area (Å²) in [6, 6.07) is 3.24. The molecule has 0 radical (unpaired) electrons. The Hall–Kier alpha value is -2.93. The number of carbonyl (C=O) groups is 4. The molecule has 2 N–H and O–H groups in total. The van der Waals surface area contributed by atoms with E-state index in [1.54, 1.807) is 26.0 Å². The van der Waals surface area contributed by atoms with Gasteiger partial charge in [-0.15, -0.1) is 0 Å². The van der Waals surface area contributed by atoms with Gasteiger partial charge in [0, 0.05) is 11.8 Å². The topological polar surface area (TPSA) is 110 Å². The van der Waals surface area contributed by atoms with Crippen LogP contribution in [0.25, 0.3) is 0 Å². The Kier molecular flexibility index (Phi) is 5.06. The Bertz CT molecular complexity index is 1250. The summed E-state index contributed by atoms with van der Waals surface area (Å²) >= 11 is 6.34. The summed E-state index contributed by atoms with van der Waals surface area (Å²) in [5.74, 6) is -3.54. The molecule has 0 aromatic heterocycles. The highest BCUT2D eigenvalue weighted by Crippen LogP contribution is 2.63. The van der Waals surface area contributed by atoms with Crippen LogP contribution in [0.15, 0.2) is 34.9 Å². The average molecular weight is 484 g/mol. The molecule has 8 heteroatoms. The van der Waals surface area contributed by atoms with Gasteiger partial charge in [0.15, 0.2) is 23.1 Å². The molecule has 0 unspecified atom stereocenters. The molecule has 1 saturated heterocycles. The van der Waals surface area contributed by atoms with Crippen molar-refractivity contribution in [3.05, 3.63) is 45.5 Å². The summed E-state index contributed by atoms with van der Waals surface area (Å²) in [6.07, 6.45) is 2.66. The normalized spacial score (nSPS) is 34.9. The smallest absolute Gasteiger partial charge is 0.231 e. The van der Waals surface area contributed by atoms with Crippen LogP contribution in [0.1, 0.15) is 45.1 Å². The van der Waals surface area contributed by atoms with Crippen molar-refractivity contribution in [2.24, 2.45) is 29.1 Å². The first-order valence-corrected chi connectivity index (χ1v) is 11.8. The molecule has 0 bridgehead atoms. The molecular formula is C26H26ClNO6. The van der Waals surface area contributed by atoms with E-state index in [0.29, 0.717) is 29.6 Å². The molecule has 0 spiro atoms. The van der Waals surface area contributed by atoms with Gasteiger partial charge in [-0.3, -0.25) is 24.5 Å². The van der Waals surface area contributed by atoms with Gasteiger partial charge in [-0.25, -0.2) is 0 Å². The van der Waals surface area contributed by atoms with Crippen molar-refractivity contribution in [3.63, 3.8) is 0 Å². The van der Waals surface area contributed by atoms with E-state index < -0.39 is 29.1 Å². The first kappa shape index (κ1) is 22.8. The van der Waals surface area contributed by atoms with Crippen molar-refractivity contribution >= 4 is 35.0 Å². The van der Waals surface area contributed by atoms with Crippen LogP contribution in [0.2, 0.25) is 5.02 Å². The van der Waals surface area contributed by atoms with E-state index >= 15 is 0 Å². The number of aromatic hydroxyl groups is 1. The fraction of sp³-hybridized carbons (Fsp3) is 0.462. The molecule has 1 aromatic rings. The minimum Gasteiger partial charge on any atom is -0.503 e. The predicted octanol–water partition coefficient (Wildman–Crippen LogP) is 3.49. The number of ether oxygens (including phenoxy) is 1. The number of rotatable bonds is 2.